The smallest absolute Gasteiger partial charge is 0.274 e. The molecule has 7 heteroatoms. The standard InChI is InChI=1S/C17H22N4O2S/c1-10(2)13-7-14(20-19-13)17(23)21-5-4-12(8-21)18-16(22)15-6-11(3)9-24-15/h6-7,9-10,12H,4-5,8H2,1-3H3,(H,18,22)(H,19,20). The van der Waals surface area contributed by atoms with Gasteiger partial charge in [0, 0.05) is 24.8 Å². The van der Waals surface area contributed by atoms with Crippen LogP contribution >= 0.6 is 11.3 Å². The number of amides is 2. The minimum absolute atomic E-state index is 0.00707. The lowest BCUT2D eigenvalue weighted by molar-refractivity contribution is 0.0777. The minimum Gasteiger partial charge on any atom is -0.347 e. The van der Waals surface area contributed by atoms with Crippen LogP contribution in [-0.4, -0.2) is 46.0 Å². The highest BCUT2D eigenvalue weighted by molar-refractivity contribution is 7.12. The molecule has 1 atom stereocenters. The van der Waals surface area contributed by atoms with E-state index in [1.54, 1.807) is 4.90 Å². The molecule has 1 aliphatic rings. The van der Waals surface area contributed by atoms with Crippen molar-refractivity contribution in [2.24, 2.45) is 0 Å². The Kier molecular flexibility index (Phi) is 4.71. The van der Waals surface area contributed by atoms with Gasteiger partial charge in [-0.1, -0.05) is 13.8 Å². The Hall–Kier alpha value is -2.15. The molecule has 0 spiro atoms. The number of aromatic amines is 1. The molecule has 6 nitrogen and oxygen atoms in total. The van der Waals surface area contributed by atoms with Gasteiger partial charge in [0.05, 0.1) is 4.88 Å². The fourth-order valence-corrected chi connectivity index (χ4v) is 3.57. The lowest BCUT2D eigenvalue weighted by atomic mass is 10.1. The third-order valence-corrected chi connectivity index (χ3v) is 5.25. The number of carbonyl (C=O) groups excluding carboxylic acids is 2. The Morgan fingerprint density at radius 2 is 2.21 bits per heavy atom. The summed E-state index contributed by atoms with van der Waals surface area (Å²) in [5.41, 5.74) is 2.49. The van der Waals surface area contributed by atoms with Gasteiger partial charge in [0.25, 0.3) is 11.8 Å². The fraction of sp³-hybridized carbons (Fsp3) is 0.471. The molecular formula is C17H22N4O2S. The number of hydrogen-bond acceptors (Lipinski definition) is 4. The lowest BCUT2D eigenvalue weighted by Gasteiger charge is -2.15. The lowest BCUT2D eigenvalue weighted by Crippen LogP contribution is -2.38. The molecule has 0 radical (unpaired) electrons. The summed E-state index contributed by atoms with van der Waals surface area (Å²) < 4.78 is 0. The molecule has 0 saturated carbocycles. The maximum absolute atomic E-state index is 12.5. The highest BCUT2D eigenvalue weighted by atomic mass is 32.1. The summed E-state index contributed by atoms with van der Waals surface area (Å²) in [6.07, 6.45) is 0.767. The number of thiophene rings is 1. The van der Waals surface area contributed by atoms with Crippen LogP contribution in [0.5, 0.6) is 0 Å². The van der Waals surface area contributed by atoms with Crippen molar-refractivity contribution >= 4 is 23.2 Å². The molecule has 2 aromatic rings. The zero-order valence-corrected chi connectivity index (χ0v) is 14.9. The van der Waals surface area contributed by atoms with E-state index >= 15 is 0 Å². The Balaban J connectivity index is 1.58. The Morgan fingerprint density at radius 1 is 1.42 bits per heavy atom. The number of likely N-dealkylation sites (tertiary alicyclic amines) is 1. The first-order valence-corrected chi connectivity index (χ1v) is 9.02. The monoisotopic (exact) mass is 346 g/mol. The van der Waals surface area contributed by atoms with Crippen LogP contribution in [0.4, 0.5) is 0 Å². The van der Waals surface area contributed by atoms with Crippen molar-refractivity contribution in [2.75, 3.05) is 13.1 Å². The molecule has 0 aromatic carbocycles. The van der Waals surface area contributed by atoms with E-state index in [9.17, 15) is 9.59 Å². The van der Waals surface area contributed by atoms with Gasteiger partial charge in [0.1, 0.15) is 5.69 Å². The fourth-order valence-electron chi connectivity index (χ4n) is 2.77. The predicted molar refractivity (Wildman–Crippen MR) is 93.5 cm³/mol. The van der Waals surface area contributed by atoms with E-state index in [4.69, 9.17) is 0 Å². The van der Waals surface area contributed by atoms with Crippen LogP contribution in [0.2, 0.25) is 0 Å². The first-order chi connectivity index (χ1) is 11.4. The van der Waals surface area contributed by atoms with Crippen molar-refractivity contribution in [3.05, 3.63) is 39.3 Å². The van der Waals surface area contributed by atoms with Gasteiger partial charge in [-0.25, -0.2) is 0 Å². The quantitative estimate of drug-likeness (QED) is 0.893. The number of aryl methyl sites for hydroxylation is 1. The molecule has 3 rings (SSSR count). The van der Waals surface area contributed by atoms with E-state index in [2.05, 4.69) is 29.4 Å². The summed E-state index contributed by atoms with van der Waals surface area (Å²) in [5.74, 6) is 0.162. The van der Waals surface area contributed by atoms with Crippen LogP contribution in [0.15, 0.2) is 17.5 Å². The van der Waals surface area contributed by atoms with E-state index in [1.807, 2.05) is 24.4 Å². The highest BCUT2D eigenvalue weighted by Crippen LogP contribution is 2.18. The van der Waals surface area contributed by atoms with Crippen LogP contribution < -0.4 is 5.32 Å². The van der Waals surface area contributed by atoms with Gasteiger partial charge in [-0.15, -0.1) is 11.3 Å². The molecule has 0 bridgehead atoms. The zero-order valence-electron chi connectivity index (χ0n) is 14.1. The molecule has 1 saturated heterocycles. The SMILES string of the molecule is Cc1csc(C(=O)NC2CCN(C(=O)c3cc(C(C)C)[nH]n3)C2)c1. The maximum Gasteiger partial charge on any atom is 0.274 e. The minimum atomic E-state index is -0.0816. The van der Waals surface area contributed by atoms with E-state index < -0.39 is 0 Å². The molecule has 1 aliphatic heterocycles. The predicted octanol–water partition coefficient (Wildman–Crippen LogP) is 2.55. The van der Waals surface area contributed by atoms with Crippen molar-refractivity contribution in [1.82, 2.24) is 20.4 Å². The summed E-state index contributed by atoms with van der Waals surface area (Å²) in [4.78, 5) is 27.2. The first-order valence-electron chi connectivity index (χ1n) is 8.14. The maximum atomic E-state index is 12.5. The number of rotatable bonds is 4. The number of nitrogens with one attached hydrogen (secondary N) is 2. The third-order valence-electron chi connectivity index (χ3n) is 4.20. The first kappa shape index (κ1) is 16.7. The Labute approximate surface area is 145 Å². The molecule has 0 aliphatic carbocycles. The van der Waals surface area contributed by atoms with Gasteiger partial charge >= 0.3 is 0 Å². The van der Waals surface area contributed by atoms with Gasteiger partial charge in [-0.3, -0.25) is 14.7 Å². The molecule has 128 valence electrons. The Morgan fingerprint density at radius 3 is 2.83 bits per heavy atom. The molecule has 1 unspecified atom stereocenters. The molecule has 1 fully saturated rings. The van der Waals surface area contributed by atoms with E-state index in [0.29, 0.717) is 29.6 Å². The molecular weight excluding hydrogens is 324 g/mol. The van der Waals surface area contributed by atoms with Gasteiger partial charge in [-0.05, 0) is 42.3 Å². The zero-order chi connectivity index (χ0) is 17.3. The van der Waals surface area contributed by atoms with Crippen molar-refractivity contribution in [1.29, 1.82) is 0 Å². The van der Waals surface area contributed by atoms with Gasteiger partial charge in [0.2, 0.25) is 0 Å². The van der Waals surface area contributed by atoms with Crippen LogP contribution in [0, 0.1) is 6.92 Å². The van der Waals surface area contributed by atoms with Gasteiger partial charge in [-0.2, -0.15) is 5.10 Å². The molecule has 2 N–H and O–H groups in total. The topological polar surface area (TPSA) is 78.1 Å². The summed E-state index contributed by atoms with van der Waals surface area (Å²) in [5, 5.41) is 12.0. The second kappa shape index (κ2) is 6.76. The van der Waals surface area contributed by atoms with Crippen LogP contribution in [-0.2, 0) is 0 Å². The van der Waals surface area contributed by atoms with Crippen molar-refractivity contribution < 1.29 is 9.59 Å². The van der Waals surface area contributed by atoms with Crippen LogP contribution in [0.25, 0.3) is 0 Å². The number of hydrogen-bond donors (Lipinski definition) is 2. The van der Waals surface area contributed by atoms with E-state index in [-0.39, 0.29) is 17.9 Å². The van der Waals surface area contributed by atoms with E-state index in [0.717, 1.165) is 17.7 Å². The Bertz CT molecular complexity index is 749. The largest absolute Gasteiger partial charge is 0.347 e. The summed E-state index contributed by atoms with van der Waals surface area (Å²) >= 11 is 1.44. The van der Waals surface area contributed by atoms with E-state index in [1.165, 1.54) is 11.3 Å². The van der Waals surface area contributed by atoms with Crippen LogP contribution in [0.1, 0.15) is 57.6 Å². The number of nitrogens with zero attached hydrogens (tertiary/aromatic N) is 2. The van der Waals surface area contributed by atoms with Gasteiger partial charge in [0.15, 0.2) is 0 Å². The van der Waals surface area contributed by atoms with Crippen molar-refractivity contribution in [2.45, 2.75) is 39.2 Å². The molecule has 24 heavy (non-hydrogen) atoms. The van der Waals surface area contributed by atoms with Gasteiger partial charge < -0.3 is 10.2 Å². The number of aromatic nitrogens is 2. The second-order valence-electron chi connectivity index (χ2n) is 6.56. The van der Waals surface area contributed by atoms with Crippen LogP contribution in [0.3, 0.4) is 0 Å². The summed E-state index contributed by atoms with van der Waals surface area (Å²) in [7, 11) is 0. The molecule has 2 amide bonds. The average Bonchev–Trinajstić information content (AvgIpc) is 3.26. The normalized spacial score (nSPS) is 17.5. The third kappa shape index (κ3) is 3.51. The molecule has 2 aromatic heterocycles. The molecule has 3 heterocycles. The summed E-state index contributed by atoms with van der Waals surface area (Å²) in [6.45, 7) is 7.24. The highest BCUT2D eigenvalue weighted by Gasteiger charge is 2.29. The number of carbonyl (C=O) groups is 2. The summed E-state index contributed by atoms with van der Waals surface area (Å²) in [6, 6.07) is 3.69. The van der Waals surface area contributed by atoms with Crippen molar-refractivity contribution in [3.63, 3.8) is 0 Å². The second-order valence-corrected chi connectivity index (χ2v) is 7.47. The van der Waals surface area contributed by atoms with Crippen molar-refractivity contribution in [3.8, 4) is 0 Å². The average molecular weight is 346 g/mol. The number of H-pyrrole nitrogens is 1.